The van der Waals surface area contributed by atoms with Crippen LogP contribution in [0.25, 0.3) is 15.1 Å². The Morgan fingerprint density at radius 3 is 3.17 bits per heavy atom. The summed E-state index contributed by atoms with van der Waals surface area (Å²) in [5.41, 5.74) is 0.740. The van der Waals surface area contributed by atoms with E-state index < -0.39 is 0 Å². The molecule has 0 N–H and O–H groups in total. The van der Waals surface area contributed by atoms with Gasteiger partial charge in [-0.3, -0.25) is 0 Å². The molecule has 0 atom stereocenters. The lowest BCUT2D eigenvalue weighted by Crippen LogP contribution is -1.66. The molecule has 2 aromatic rings. The third-order valence-electron chi connectivity index (χ3n) is 1.51. The lowest BCUT2D eigenvalue weighted by Gasteiger charge is -1.85. The lowest BCUT2D eigenvalue weighted by molar-refractivity contribution is 1.45. The molecule has 12 heavy (non-hydrogen) atoms. The Balaban J connectivity index is 2.93. The minimum Gasteiger partial charge on any atom is -0.247 e. The summed E-state index contributed by atoms with van der Waals surface area (Å²) in [6.07, 6.45) is 1.75. The molecule has 0 saturated carbocycles. The molecule has 58 valence electrons. The van der Waals surface area contributed by atoms with E-state index in [2.05, 4.69) is 32.4 Å². The Hall–Kier alpha value is -0.670. The quantitative estimate of drug-likeness (QED) is 0.535. The number of pyridine rings is 1. The maximum atomic E-state index is 6.98. The van der Waals surface area contributed by atoms with Gasteiger partial charge in [0.05, 0.1) is 9.46 Å². The van der Waals surface area contributed by atoms with E-state index >= 15 is 0 Å². The minimum atomic E-state index is 0.740. The van der Waals surface area contributed by atoms with E-state index in [1.165, 1.54) is 0 Å². The van der Waals surface area contributed by atoms with Gasteiger partial charge in [0.1, 0.15) is 4.83 Å². The summed E-state index contributed by atoms with van der Waals surface area (Å²) in [7, 11) is 0. The molecule has 0 bridgehead atoms. The third-order valence-corrected chi connectivity index (χ3v) is 3.57. The lowest BCUT2D eigenvalue weighted by atomic mass is 10.3. The molecule has 2 rings (SSSR count). The number of halogens is 1. The Labute approximate surface area is 87.2 Å². The van der Waals surface area contributed by atoms with E-state index in [0.717, 1.165) is 18.8 Å². The topological polar surface area (TPSA) is 17.2 Å². The predicted molar refractivity (Wildman–Crippen MR) is 58.6 cm³/mol. The SMILES string of the molecule is [C-]#[N+]c1c(I)sc2ncccc12. The van der Waals surface area contributed by atoms with Gasteiger partial charge < -0.3 is 0 Å². The summed E-state index contributed by atoms with van der Waals surface area (Å²) >= 11 is 3.74. The molecule has 2 heterocycles. The largest absolute Gasteiger partial charge is 0.247 e. The predicted octanol–water partition coefficient (Wildman–Crippen LogP) is 3.45. The zero-order chi connectivity index (χ0) is 8.55. The van der Waals surface area contributed by atoms with Crippen molar-refractivity contribution in [1.82, 2.24) is 4.98 Å². The maximum Gasteiger partial charge on any atom is 0.220 e. The molecule has 0 spiro atoms. The first kappa shape index (κ1) is 7.95. The first-order valence-corrected chi connectivity index (χ1v) is 5.13. The molecular formula is C8H3IN2S. The Morgan fingerprint density at radius 1 is 1.58 bits per heavy atom. The van der Waals surface area contributed by atoms with E-state index in [0.29, 0.717) is 0 Å². The molecule has 0 aliphatic carbocycles. The Bertz CT molecular complexity index is 469. The van der Waals surface area contributed by atoms with Crippen LogP contribution in [0.5, 0.6) is 0 Å². The summed E-state index contributed by atoms with van der Waals surface area (Å²) in [4.78, 5) is 8.60. The molecule has 0 unspecified atom stereocenters. The number of nitrogens with zero attached hydrogens (tertiary/aromatic N) is 2. The van der Waals surface area contributed by atoms with Crippen molar-refractivity contribution < 1.29 is 0 Å². The molecule has 0 saturated heterocycles. The van der Waals surface area contributed by atoms with Crippen molar-refractivity contribution >= 4 is 49.8 Å². The van der Waals surface area contributed by atoms with Crippen molar-refractivity contribution in [3.63, 3.8) is 0 Å². The van der Waals surface area contributed by atoms with Crippen molar-refractivity contribution in [3.05, 3.63) is 32.6 Å². The molecule has 4 heteroatoms. The van der Waals surface area contributed by atoms with Gasteiger partial charge in [-0.15, -0.1) is 11.3 Å². The number of hydrogen-bond donors (Lipinski definition) is 0. The minimum absolute atomic E-state index is 0.740. The maximum absolute atomic E-state index is 6.98. The molecule has 0 fully saturated rings. The highest BCUT2D eigenvalue weighted by atomic mass is 127. The van der Waals surface area contributed by atoms with Crippen LogP contribution in [0, 0.1) is 9.46 Å². The number of rotatable bonds is 0. The molecule has 2 aromatic heterocycles. The van der Waals surface area contributed by atoms with Crippen molar-refractivity contribution in [2.75, 3.05) is 0 Å². The number of hydrogen-bond acceptors (Lipinski definition) is 2. The highest BCUT2D eigenvalue weighted by Gasteiger charge is 2.09. The Morgan fingerprint density at radius 2 is 2.42 bits per heavy atom. The first-order valence-electron chi connectivity index (χ1n) is 3.23. The summed E-state index contributed by atoms with van der Waals surface area (Å²) in [6, 6.07) is 3.80. The van der Waals surface area contributed by atoms with Crippen LogP contribution in [0.3, 0.4) is 0 Å². The summed E-state index contributed by atoms with van der Waals surface area (Å²) < 4.78 is 1.02. The van der Waals surface area contributed by atoms with Crippen LogP contribution in [0.1, 0.15) is 0 Å². The second-order valence-electron chi connectivity index (χ2n) is 2.19. The molecule has 0 amide bonds. The van der Waals surface area contributed by atoms with Gasteiger partial charge in [-0.1, -0.05) is 6.07 Å². The average molecular weight is 286 g/mol. The standard InChI is InChI=1S/C8H3IN2S/c1-10-6-5-3-2-4-11-8(5)12-7(6)9/h2-4H. The molecule has 2 nitrogen and oxygen atoms in total. The van der Waals surface area contributed by atoms with Crippen LogP contribution in [-0.2, 0) is 0 Å². The van der Waals surface area contributed by atoms with Gasteiger partial charge >= 0.3 is 0 Å². The summed E-state index contributed by atoms with van der Waals surface area (Å²) in [5.74, 6) is 0. The van der Waals surface area contributed by atoms with Gasteiger partial charge in [0.25, 0.3) is 0 Å². The summed E-state index contributed by atoms with van der Waals surface area (Å²) in [5, 5.41) is 0.974. The smallest absolute Gasteiger partial charge is 0.220 e. The second-order valence-corrected chi connectivity index (χ2v) is 5.00. The fraction of sp³-hybridized carbons (Fsp3) is 0. The second kappa shape index (κ2) is 2.99. The van der Waals surface area contributed by atoms with Crippen LogP contribution in [0.2, 0.25) is 0 Å². The molecular weight excluding hydrogens is 283 g/mol. The van der Waals surface area contributed by atoms with E-state index in [-0.39, 0.29) is 0 Å². The van der Waals surface area contributed by atoms with Crippen molar-refractivity contribution in [3.8, 4) is 0 Å². The van der Waals surface area contributed by atoms with Crippen molar-refractivity contribution in [2.24, 2.45) is 0 Å². The Kier molecular flexibility index (Phi) is 1.98. The van der Waals surface area contributed by atoms with Crippen LogP contribution in [0.4, 0.5) is 5.69 Å². The van der Waals surface area contributed by atoms with Crippen LogP contribution >= 0.6 is 33.9 Å². The van der Waals surface area contributed by atoms with Gasteiger partial charge in [-0.05, 0) is 28.7 Å². The average Bonchev–Trinajstić information content (AvgIpc) is 2.40. The van der Waals surface area contributed by atoms with Crippen LogP contribution < -0.4 is 0 Å². The normalized spacial score (nSPS) is 10.0. The first-order chi connectivity index (χ1) is 5.83. The number of fused-ring (bicyclic) bond motifs is 1. The van der Waals surface area contributed by atoms with Crippen LogP contribution in [0.15, 0.2) is 18.3 Å². The number of aromatic nitrogens is 1. The van der Waals surface area contributed by atoms with Gasteiger partial charge in [-0.25, -0.2) is 9.83 Å². The van der Waals surface area contributed by atoms with Gasteiger partial charge in [-0.2, -0.15) is 0 Å². The molecule has 0 aliphatic heterocycles. The molecule has 0 radical (unpaired) electrons. The third kappa shape index (κ3) is 1.09. The zero-order valence-electron chi connectivity index (χ0n) is 5.91. The number of thiophene rings is 1. The molecule has 0 aromatic carbocycles. The fourth-order valence-corrected chi connectivity index (χ4v) is 2.84. The highest BCUT2D eigenvalue weighted by Crippen LogP contribution is 2.37. The van der Waals surface area contributed by atoms with Gasteiger partial charge in [0.2, 0.25) is 5.69 Å². The van der Waals surface area contributed by atoms with Crippen molar-refractivity contribution in [2.45, 2.75) is 0 Å². The van der Waals surface area contributed by atoms with Crippen molar-refractivity contribution in [1.29, 1.82) is 0 Å². The van der Waals surface area contributed by atoms with E-state index in [1.54, 1.807) is 17.5 Å². The monoisotopic (exact) mass is 286 g/mol. The highest BCUT2D eigenvalue weighted by molar-refractivity contribution is 14.1. The van der Waals surface area contributed by atoms with Crippen LogP contribution in [-0.4, -0.2) is 4.98 Å². The zero-order valence-corrected chi connectivity index (χ0v) is 8.89. The molecule has 0 aliphatic rings. The summed E-state index contributed by atoms with van der Waals surface area (Å²) in [6.45, 7) is 6.98. The van der Waals surface area contributed by atoms with Gasteiger partial charge in [0.15, 0.2) is 0 Å². The fourth-order valence-electron chi connectivity index (χ4n) is 0.996. The van der Waals surface area contributed by atoms with E-state index in [1.807, 2.05) is 12.1 Å². The van der Waals surface area contributed by atoms with E-state index in [9.17, 15) is 0 Å². The van der Waals surface area contributed by atoms with E-state index in [4.69, 9.17) is 6.57 Å². The van der Waals surface area contributed by atoms with Gasteiger partial charge in [0, 0.05) is 11.6 Å².